The van der Waals surface area contributed by atoms with Gasteiger partial charge in [0.2, 0.25) is 0 Å². The normalized spacial score (nSPS) is 11.9. The molecule has 0 fully saturated rings. The van der Waals surface area contributed by atoms with E-state index in [2.05, 4.69) is 10.3 Å². The van der Waals surface area contributed by atoms with Crippen molar-refractivity contribution in [2.24, 2.45) is 10.3 Å². The maximum absolute atomic E-state index is 10.4. The molecule has 7 heteroatoms. The number of nitro benzene ring substituents is 1. The van der Waals surface area contributed by atoms with E-state index in [0.717, 1.165) is 6.21 Å². The molecule has 0 bridgehead atoms. The van der Waals surface area contributed by atoms with Gasteiger partial charge in [-0.05, 0) is 0 Å². The highest BCUT2D eigenvalue weighted by Crippen LogP contribution is 2.13. The summed E-state index contributed by atoms with van der Waals surface area (Å²) in [7, 11) is 0. The summed E-state index contributed by atoms with van der Waals surface area (Å²) in [5.41, 5.74) is 0.0747. The van der Waals surface area contributed by atoms with Crippen molar-refractivity contribution < 1.29 is 15.3 Å². The minimum Gasteiger partial charge on any atom is -0.411 e. The van der Waals surface area contributed by atoms with Crippen LogP contribution in [0.1, 0.15) is 5.56 Å². The zero-order valence-corrected chi connectivity index (χ0v) is 7.44. The molecule has 0 unspecified atom stereocenters. The molecule has 0 radical (unpaired) electrons. The fraction of sp³-hybridized carbons (Fsp3) is 0. The molecule has 0 heterocycles. The van der Waals surface area contributed by atoms with Crippen molar-refractivity contribution in [1.29, 1.82) is 0 Å². The van der Waals surface area contributed by atoms with Crippen molar-refractivity contribution >= 4 is 17.6 Å². The molecule has 0 saturated heterocycles. The lowest BCUT2D eigenvalue weighted by Gasteiger charge is -1.97. The Morgan fingerprint density at radius 1 is 1.47 bits per heavy atom. The van der Waals surface area contributed by atoms with E-state index in [1.165, 1.54) is 24.3 Å². The van der Waals surface area contributed by atoms with Gasteiger partial charge in [-0.25, -0.2) is 0 Å². The van der Waals surface area contributed by atoms with E-state index < -0.39 is 4.92 Å². The lowest BCUT2D eigenvalue weighted by atomic mass is 10.1. The molecule has 0 aliphatic rings. The molecular formula is C8H7N3O4. The summed E-state index contributed by atoms with van der Waals surface area (Å²) in [4.78, 5) is 9.87. The van der Waals surface area contributed by atoms with Gasteiger partial charge in [0.15, 0.2) is 0 Å². The van der Waals surface area contributed by atoms with Gasteiger partial charge in [0, 0.05) is 17.7 Å². The fourth-order valence-corrected chi connectivity index (χ4v) is 0.992. The molecule has 0 aliphatic carbocycles. The molecule has 0 amide bonds. The molecular weight excluding hydrogens is 202 g/mol. The quantitative estimate of drug-likeness (QED) is 0.337. The lowest BCUT2D eigenvalue weighted by Crippen LogP contribution is -2.03. The van der Waals surface area contributed by atoms with Crippen LogP contribution in [0.2, 0.25) is 0 Å². The molecule has 0 spiro atoms. The molecule has 0 saturated carbocycles. The number of hydrogen-bond donors (Lipinski definition) is 2. The molecule has 0 aliphatic heterocycles. The van der Waals surface area contributed by atoms with Crippen molar-refractivity contribution in [3.63, 3.8) is 0 Å². The minimum atomic E-state index is -0.575. The summed E-state index contributed by atoms with van der Waals surface area (Å²) in [6.45, 7) is 0. The van der Waals surface area contributed by atoms with Crippen LogP contribution >= 0.6 is 0 Å². The first-order valence-electron chi connectivity index (χ1n) is 3.83. The van der Waals surface area contributed by atoms with E-state index in [4.69, 9.17) is 10.4 Å². The summed E-state index contributed by atoms with van der Waals surface area (Å²) < 4.78 is 0. The summed E-state index contributed by atoms with van der Waals surface area (Å²) in [6, 6.07) is 5.43. The van der Waals surface area contributed by atoms with Gasteiger partial charge in [0.1, 0.15) is 5.71 Å². The van der Waals surface area contributed by atoms with Crippen LogP contribution in [0, 0.1) is 10.1 Å². The second-order valence-corrected chi connectivity index (χ2v) is 2.54. The highest BCUT2D eigenvalue weighted by atomic mass is 16.6. The summed E-state index contributed by atoms with van der Waals surface area (Å²) in [6.07, 6.45) is 0.874. The average molecular weight is 209 g/mol. The van der Waals surface area contributed by atoms with Crippen molar-refractivity contribution in [2.45, 2.75) is 0 Å². The van der Waals surface area contributed by atoms with Crippen LogP contribution in [0.15, 0.2) is 34.6 Å². The lowest BCUT2D eigenvalue weighted by molar-refractivity contribution is -0.384. The molecule has 15 heavy (non-hydrogen) atoms. The van der Waals surface area contributed by atoms with Crippen LogP contribution in [0.25, 0.3) is 0 Å². The molecule has 2 N–H and O–H groups in total. The average Bonchev–Trinajstić information content (AvgIpc) is 2.26. The summed E-state index contributed by atoms with van der Waals surface area (Å²) >= 11 is 0. The topological polar surface area (TPSA) is 108 Å². The first-order chi connectivity index (χ1) is 7.19. The van der Waals surface area contributed by atoms with Crippen LogP contribution in [0.5, 0.6) is 0 Å². The van der Waals surface area contributed by atoms with E-state index >= 15 is 0 Å². The highest BCUT2D eigenvalue weighted by Gasteiger charge is 2.08. The molecule has 78 valence electrons. The van der Waals surface area contributed by atoms with Gasteiger partial charge in [0.05, 0.1) is 11.1 Å². The van der Waals surface area contributed by atoms with Gasteiger partial charge in [0.25, 0.3) is 5.69 Å². The third-order valence-corrected chi connectivity index (χ3v) is 1.64. The standard InChI is InChI=1S/C8H7N3O4/c12-9-5-8(10-13)6-2-1-3-7(4-6)11(14)15/h1-5,12-13H/b9-5+,10-8-. The van der Waals surface area contributed by atoms with E-state index in [9.17, 15) is 10.1 Å². The second-order valence-electron chi connectivity index (χ2n) is 2.54. The minimum absolute atomic E-state index is 0.0683. The molecule has 1 rings (SSSR count). The van der Waals surface area contributed by atoms with E-state index in [0.29, 0.717) is 0 Å². The van der Waals surface area contributed by atoms with Gasteiger partial charge in [-0.1, -0.05) is 22.4 Å². The smallest absolute Gasteiger partial charge is 0.270 e. The van der Waals surface area contributed by atoms with E-state index in [1.807, 2.05) is 0 Å². The Morgan fingerprint density at radius 2 is 2.20 bits per heavy atom. The first-order valence-corrected chi connectivity index (χ1v) is 3.83. The zero-order chi connectivity index (χ0) is 11.3. The Morgan fingerprint density at radius 3 is 2.73 bits per heavy atom. The summed E-state index contributed by atoms with van der Waals surface area (Å²) in [5, 5.41) is 32.8. The summed E-state index contributed by atoms with van der Waals surface area (Å²) in [5.74, 6) is 0. The maximum Gasteiger partial charge on any atom is 0.270 e. The van der Waals surface area contributed by atoms with Crippen LogP contribution < -0.4 is 0 Å². The number of oxime groups is 2. The highest BCUT2D eigenvalue weighted by molar-refractivity contribution is 6.37. The van der Waals surface area contributed by atoms with Crippen molar-refractivity contribution in [3.8, 4) is 0 Å². The molecule has 1 aromatic rings. The third-order valence-electron chi connectivity index (χ3n) is 1.64. The van der Waals surface area contributed by atoms with Gasteiger partial charge >= 0.3 is 0 Å². The van der Waals surface area contributed by atoms with Crippen molar-refractivity contribution in [3.05, 3.63) is 39.9 Å². The number of benzene rings is 1. The molecule has 7 nitrogen and oxygen atoms in total. The van der Waals surface area contributed by atoms with Gasteiger partial charge < -0.3 is 10.4 Å². The number of hydrogen-bond acceptors (Lipinski definition) is 6. The number of nitrogens with zero attached hydrogens (tertiary/aromatic N) is 3. The van der Waals surface area contributed by atoms with E-state index in [1.54, 1.807) is 0 Å². The molecule has 0 atom stereocenters. The predicted molar refractivity (Wildman–Crippen MR) is 51.7 cm³/mol. The Hall–Kier alpha value is -2.44. The monoisotopic (exact) mass is 209 g/mol. The SMILES string of the molecule is O=[N+]([O-])c1cccc(C(/C=N/O)=N\O)c1. The van der Waals surface area contributed by atoms with Gasteiger partial charge in [-0.3, -0.25) is 10.1 Å². The Labute approximate surface area is 84.1 Å². The Balaban J connectivity index is 3.15. The zero-order valence-electron chi connectivity index (χ0n) is 7.44. The molecule has 0 aromatic heterocycles. The maximum atomic E-state index is 10.4. The number of rotatable bonds is 3. The van der Waals surface area contributed by atoms with E-state index in [-0.39, 0.29) is 17.0 Å². The van der Waals surface area contributed by atoms with Crippen LogP contribution in [-0.2, 0) is 0 Å². The first kappa shape index (κ1) is 10.6. The Kier molecular flexibility index (Phi) is 3.33. The third kappa shape index (κ3) is 2.50. The van der Waals surface area contributed by atoms with Gasteiger partial charge in [-0.15, -0.1) is 0 Å². The van der Waals surface area contributed by atoms with Crippen molar-refractivity contribution in [2.75, 3.05) is 0 Å². The van der Waals surface area contributed by atoms with Crippen molar-refractivity contribution in [1.82, 2.24) is 0 Å². The van der Waals surface area contributed by atoms with Crippen LogP contribution in [-0.4, -0.2) is 27.3 Å². The van der Waals surface area contributed by atoms with Crippen LogP contribution in [0.3, 0.4) is 0 Å². The largest absolute Gasteiger partial charge is 0.411 e. The fourth-order valence-electron chi connectivity index (χ4n) is 0.992. The number of non-ortho nitro benzene ring substituents is 1. The predicted octanol–water partition coefficient (Wildman–Crippen LogP) is 1.23. The molecule has 1 aromatic carbocycles. The number of nitro groups is 1. The van der Waals surface area contributed by atoms with Crippen LogP contribution in [0.4, 0.5) is 5.69 Å². The Bertz CT molecular complexity index is 428. The second kappa shape index (κ2) is 4.70. The van der Waals surface area contributed by atoms with Gasteiger partial charge in [-0.2, -0.15) is 0 Å².